The van der Waals surface area contributed by atoms with Crippen LogP contribution in [0.2, 0.25) is 0 Å². The van der Waals surface area contributed by atoms with E-state index in [1.165, 1.54) is 5.56 Å². The van der Waals surface area contributed by atoms with Gasteiger partial charge in [-0.15, -0.1) is 10.2 Å². The fourth-order valence-electron chi connectivity index (χ4n) is 6.87. The van der Waals surface area contributed by atoms with Gasteiger partial charge in [0, 0.05) is 49.6 Å². The predicted molar refractivity (Wildman–Crippen MR) is 163 cm³/mol. The summed E-state index contributed by atoms with van der Waals surface area (Å²) < 4.78 is 0. The molecule has 1 amide bonds. The van der Waals surface area contributed by atoms with E-state index in [-0.39, 0.29) is 11.7 Å². The number of aromatic hydroxyl groups is 1. The zero-order chi connectivity index (χ0) is 29.1. The molecule has 6 rings (SSSR count). The van der Waals surface area contributed by atoms with Crippen molar-refractivity contribution >= 4 is 23.4 Å². The highest BCUT2D eigenvalue weighted by atomic mass is 16.3. The van der Waals surface area contributed by atoms with Gasteiger partial charge in [0.05, 0.1) is 11.4 Å². The molecule has 11 nitrogen and oxygen atoms in total. The molecule has 3 aliphatic heterocycles. The lowest BCUT2D eigenvalue weighted by atomic mass is 9.91. The number of carbonyl (C=O) groups excluding carboxylic acids is 1. The maximum atomic E-state index is 10.9. The Morgan fingerprint density at radius 3 is 2.36 bits per heavy atom. The summed E-state index contributed by atoms with van der Waals surface area (Å²) in [7, 11) is 0. The molecule has 2 bridgehead atoms. The molecule has 0 radical (unpaired) electrons. The van der Waals surface area contributed by atoms with Gasteiger partial charge in [-0.3, -0.25) is 4.79 Å². The van der Waals surface area contributed by atoms with Crippen molar-refractivity contribution in [2.24, 2.45) is 5.73 Å². The maximum absolute atomic E-state index is 10.9. The molecule has 2 atom stereocenters. The average molecular weight is 572 g/mol. The molecule has 3 aromatic rings. The van der Waals surface area contributed by atoms with Gasteiger partial charge in [0.2, 0.25) is 11.9 Å². The van der Waals surface area contributed by atoms with Gasteiger partial charge < -0.3 is 31.3 Å². The van der Waals surface area contributed by atoms with Crippen LogP contribution in [-0.4, -0.2) is 80.9 Å². The van der Waals surface area contributed by atoms with Crippen molar-refractivity contribution in [1.29, 1.82) is 0 Å². The van der Waals surface area contributed by atoms with Gasteiger partial charge in [0.15, 0.2) is 5.82 Å². The SMILES string of the molecule is NC(=O)CCCCCN1CCC(c2cnc(N3C4CCC3CN(c3cc(-c5ccccc5O)nnc3N)C4)nc2)CC1. The number of primary amides is 1. The zero-order valence-electron chi connectivity index (χ0n) is 24.1. The van der Waals surface area contributed by atoms with Crippen molar-refractivity contribution in [2.45, 2.75) is 69.4 Å². The fourth-order valence-corrected chi connectivity index (χ4v) is 6.87. The molecule has 3 aliphatic rings. The minimum absolute atomic E-state index is 0.173. The number of para-hydroxylation sites is 1. The summed E-state index contributed by atoms with van der Waals surface area (Å²) in [6.07, 6.45) is 12.1. The first kappa shape index (κ1) is 28.1. The number of phenolic OH excluding ortho intramolecular Hbond substituents is 1. The monoisotopic (exact) mass is 571 g/mol. The van der Waals surface area contributed by atoms with Crippen molar-refractivity contribution in [1.82, 2.24) is 25.1 Å². The summed E-state index contributed by atoms with van der Waals surface area (Å²) in [4.78, 5) is 27.9. The van der Waals surface area contributed by atoms with Gasteiger partial charge >= 0.3 is 0 Å². The summed E-state index contributed by atoms with van der Waals surface area (Å²) in [5.41, 5.74) is 14.9. The van der Waals surface area contributed by atoms with Gasteiger partial charge in [0.1, 0.15) is 5.75 Å². The first-order valence-corrected chi connectivity index (χ1v) is 15.2. The number of benzene rings is 1. The van der Waals surface area contributed by atoms with Crippen molar-refractivity contribution < 1.29 is 9.90 Å². The number of nitrogens with two attached hydrogens (primary N) is 2. The second-order valence-electron chi connectivity index (χ2n) is 11.9. The van der Waals surface area contributed by atoms with Crippen LogP contribution in [0.25, 0.3) is 11.3 Å². The van der Waals surface area contributed by atoms with Crippen molar-refractivity contribution in [3.63, 3.8) is 0 Å². The molecule has 3 fully saturated rings. The van der Waals surface area contributed by atoms with E-state index in [0.29, 0.717) is 41.5 Å². The number of piperazine rings is 1. The molecule has 1 aromatic carbocycles. The number of likely N-dealkylation sites (tertiary alicyclic amines) is 1. The van der Waals surface area contributed by atoms with Crippen LogP contribution >= 0.6 is 0 Å². The van der Waals surface area contributed by atoms with Crippen LogP contribution in [-0.2, 0) is 4.79 Å². The number of rotatable bonds is 10. The second-order valence-corrected chi connectivity index (χ2v) is 11.9. The summed E-state index contributed by atoms with van der Waals surface area (Å²) in [5.74, 6) is 1.69. The third kappa shape index (κ3) is 6.11. The van der Waals surface area contributed by atoms with Gasteiger partial charge in [-0.05, 0) is 87.8 Å². The number of aromatic nitrogens is 4. The van der Waals surface area contributed by atoms with E-state index in [4.69, 9.17) is 21.4 Å². The minimum atomic E-state index is -0.202. The zero-order valence-corrected chi connectivity index (χ0v) is 24.1. The van der Waals surface area contributed by atoms with E-state index >= 15 is 0 Å². The Morgan fingerprint density at radius 1 is 0.952 bits per heavy atom. The Bertz CT molecular complexity index is 1360. The van der Waals surface area contributed by atoms with Crippen molar-refractivity contribution in [3.05, 3.63) is 48.3 Å². The number of fused-ring (bicyclic) bond motifs is 2. The van der Waals surface area contributed by atoms with E-state index in [9.17, 15) is 9.90 Å². The van der Waals surface area contributed by atoms with Crippen molar-refractivity contribution in [3.8, 4) is 17.0 Å². The number of nitrogens with zero attached hydrogens (tertiary/aromatic N) is 7. The average Bonchev–Trinajstić information content (AvgIpc) is 3.26. The first-order valence-electron chi connectivity index (χ1n) is 15.2. The number of carbonyl (C=O) groups is 1. The normalized spacial score (nSPS) is 21.1. The van der Waals surface area contributed by atoms with E-state index in [1.54, 1.807) is 12.1 Å². The van der Waals surface area contributed by atoms with E-state index in [1.807, 2.05) is 30.6 Å². The highest BCUT2D eigenvalue weighted by Gasteiger charge is 2.42. The molecule has 5 heterocycles. The number of piperidine rings is 1. The third-order valence-corrected chi connectivity index (χ3v) is 9.15. The van der Waals surface area contributed by atoms with Gasteiger partial charge in [0.25, 0.3) is 0 Å². The second kappa shape index (κ2) is 12.5. The van der Waals surface area contributed by atoms with E-state index in [0.717, 1.165) is 89.3 Å². The van der Waals surface area contributed by atoms with Crippen LogP contribution in [0, 0.1) is 0 Å². The Labute approximate surface area is 246 Å². The van der Waals surface area contributed by atoms with Crippen LogP contribution < -0.4 is 21.3 Å². The maximum Gasteiger partial charge on any atom is 0.225 e. The molecule has 222 valence electrons. The minimum Gasteiger partial charge on any atom is -0.507 e. The van der Waals surface area contributed by atoms with Crippen LogP contribution in [0.5, 0.6) is 5.75 Å². The van der Waals surface area contributed by atoms with E-state index < -0.39 is 0 Å². The smallest absolute Gasteiger partial charge is 0.225 e. The number of nitrogen functional groups attached to an aromatic ring is 1. The fraction of sp³-hybridized carbons (Fsp3) is 0.516. The molecule has 0 spiro atoms. The Balaban J connectivity index is 1.05. The molecule has 11 heteroatoms. The molecule has 2 aromatic heterocycles. The van der Waals surface area contributed by atoms with Crippen molar-refractivity contribution in [2.75, 3.05) is 48.3 Å². The number of phenols is 1. The Kier molecular flexibility index (Phi) is 8.36. The van der Waals surface area contributed by atoms with Crippen LogP contribution in [0.4, 0.5) is 17.5 Å². The van der Waals surface area contributed by atoms with Gasteiger partial charge in [-0.25, -0.2) is 9.97 Å². The molecular weight excluding hydrogens is 530 g/mol. The third-order valence-electron chi connectivity index (χ3n) is 9.15. The lowest BCUT2D eigenvalue weighted by Crippen LogP contribution is -2.54. The van der Waals surface area contributed by atoms with Crippen LogP contribution in [0.15, 0.2) is 42.7 Å². The molecule has 2 unspecified atom stereocenters. The Morgan fingerprint density at radius 2 is 1.67 bits per heavy atom. The Hall–Kier alpha value is -3.99. The summed E-state index contributed by atoms with van der Waals surface area (Å²) in [5, 5.41) is 18.8. The number of hydrogen-bond acceptors (Lipinski definition) is 10. The molecule has 0 saturated carbocycles. The number of unbranched alkanes of at least 4 members (excludes halogenated alkanes) is 2. The number of hydrogen-bond donors (Lipinski definition) is 3. The molecule has 5 N–H and O–H groups in total. The summed E-state index contributed by atoms with van der Waals surface area (Å²) >= 11 is 0. The van der Waals surface area contributed by atoms with Gasteiger partial charge in [-0.1, -0.05) is 18.6 Å². The van der Waals surface area contributed by atoms with Crippen LogP contribution in [0.3, 0.4) is 0 Å². The lowest BCUT2D eigenvalue weighted by molar-refractivity contribution is -0.118. The highest BCUT2D eigenvalue weighted by molar-refractivity contribution is 5.74. The first-order chi connectivity index (χ1) is 20.5. The summed E-state index contributed by atoms with van der Waals surface area (Å²) in [6.45, 7) is 4.88. The number of amides is 1. The summed E-state index contributed by atoms with van der Waals surface area (Å²) in [6, 6.07) is 9.68. The lowest BCUT2D eigenvalue weighted by Gasteiger charge is -2.42. The topological polar surface area (TPSA) is 151 Å². The highest BCUT2D eigenvalue weighted by Crippen LogP contribution is 2.38. The van der Waals surface area contributed by atoms with E-state index in [2.05, 4.69) is 24.9 Å². The molecule has 3 saturated heterocycles. The number of anilines is 3. The standard InChI is InChI=1S/C31H41N9O2/c32-29(42)8-2-1-5-13-38-14-11-21(12-15-38)22-17-34-31(35-18-22)40-23-9-10-24(40)20-39(19-23)27-16-26(36-37-30(27)33)25-6-3-4-7-28(25)41/h3-4,6-7,16-18,21,23-24,41H,1-2,5,8-15,19-20H2,(H2,32,42)(H2,33,37). The van der Waals surface area contributed by atoms with Gasteiger partial charge in [-0.2, -0.15) is 0 Å². The van der Waals surface area contributed by atoms with Crippen LogP contribution in [0.1, 0.15) is 62.8 Å². The predicted octanol–water partition coefficient (Wildman–Crippen LogP) is 3.30. The molecule has 42 heavy (non-hydrogen) atoms. The quantitative estimate of drug-likeness (QED) is 0.309. The molecular formula is C31H41N9O2. The molecule has 0 aliphatic carbocycles. The largest absolute Gasteiger partial charge is 0.507 e.